The van der Waals surface area contributed by atoms with E-state index in [-0.39, 0.29) is 17.2 Å². The van der Waals surface area contributed by atoms with E-state index in [4.69, 9.17) is 0 Å². The summed E-state index contributed by atoms with van der Waals surface area (Å²) in [5.41, 5.74) is 1.46. The minimum Gasteiger partial charge on any atom is -0.344 e. The van der Waals surface area contributed by atoms with E-state index in [1.807, 2.05) is 0 Å². The number of rotatable bonds is 6. The van der Waals surface area contributed by atoms with Crippen LogP contribution in [0, 0.1) is 6.92 Å². The fourth-order valence-electron chi connectivity index (χ4n) is 2.14. The maximum Gasteiger partial charge on any atom is 0.251 e. The van der Waals surface area contributed by atoms with Crippen LogP contribution in [0.25, 0.3) is 0 Å². The number of aryl methyl sites for hydroxylation is 1. The number of benzene rings is 1. The van der Waals surface area contributed by atoms with Gasteiger partial charge in [-0.05, 0) is 31.2 Å². The molecule has 0 saturated heterocycles. The maximum atomic E-state index is 12.4. The summed E-state index contributed by atoms with van der Waals surface area (Å²) in [6, 6.07) is 7.80. The highest BCUT2D eigenvalue weighted by molar-refractivity contribution is 6.45. The largest absolute Gasteiger partial charge is 0.344 e. The molecule has 0 unspecified atom stereocenters. The van der Waals surface area contributed by atoms with Crippen molar-refractivity contribution in [1.82, 2.24) is 10.3 Å². The van der Waals surface area contributed by atoms with E-state index in [0.717, 1.165) is 5.56 Å². The molecule has 0 radical (unpaired) electrons. The van der Waals surface area contributed by atoms with Gasteiger partial charge in [0.15, 0.2) is 0 Å². The maximum absolute atomic E-state index is 12.4. The summed E-state index contributed by atoms with van der Waals surface area (Å²) in [6.45, 7) is 2.64. The van der Waals surface area contributed by atoms with Crippen LogP contribution in [0.15, 0.2) is 42.7 Å². The molecule has 2 rings (SSSR count). The molecular formula is C18H17N3O4. The molecule has 1 aromatic heterocycles. The SMILES string of the molecule is CC(=O)Nc1ccc(C)cc1C(=O)C(=O)CNC(=O)c1ccncc1. The molecule has 0 atom stereocenters. The third-order valence-corrected chi connectivity index (χ3v) is 3.34. The molecule has 0 aliphatic carbocycles. The lowest BCUT2D eigenvalue weighted by molar-refractivity contribution is -0.115. The Kier molecular flexibility index (Phi) is 5.73. The molecule has 0 fully saturated rings. The quantitative estimate of drug-likeness (QED) is 0.613. The van der Waals surface area contributed by atoms with Gasteiger partial charge in [-0.3, -0.25) is 24.2 Å². The number of pyridine rings is 1. The molecular weight excluding hydrogens is 322 g/mol. The van der Waals surface area contributed by atoms with E-state index in [1.54, 1.807) is 19.1 Å². The molecule has 0 aliphatic rings. The molecule has 0 saturated carbocycles. The number of ketones is 2. The first-order valence-electron chi connectivity index (χ1n) is 7.52. The Balaban J connectivity index is 2.10. The number of hydrogen-bond donors (Lipinski definition) is 2. The minimum absolute atomic E-state index is 0.0957. The fraction of sp³-hybridized carbons (Fsp3) is 0.167. The molecule has 0 bridgehead atoms. The standard InChI is InChI=1S/C18H17N3O4/c1-11-3-4-15(21-12(2)22)14(9-11)17(24)16(23)10-20-18(25)13-5-7-19-8-6-13/h3-9H,10H2,1-2H3,(H,20,25)(H,21,22). The molecule has 2 N–H and O–H groups in total. The third-order valence-electron chi connectivity index (χ3n) is 3.34. The summed E-state index contributed by atoms with van der Waals surface area (Å²) in [4.78, 5) is 51.5. The van der Waals surface area contributed by atoms with Gasteiger partial charge in [0.1, 0.15) is 0 Å². The smallest absolute Gasteiger partial charge is 0.251 e. The van der Waals surface area contributed by atoms with Gasteiger partial charge in [-0.15, -0.1) is 0 Å². The van der Waals surface area contributed by atoms with Crippen LogP contribution in [0.1, 0.15) is 33.2 Å². The van der Waals surface area contributed by atoms with Gasteiger partial charge in [0.2, 0.25) is 17.5 Å². The summed E-state index contributed by atoms with van der Waals surface area (Å²) < 4.78 is 0. The van der Waals surface area contributed by atoms with Crippen LogP contribution in [0.2, 0.25) is 0 Å². The highest BCUT2D eigenvalue weighted by Gasteiger charge is 2.21. The van der Waals surface area contributed by atoms with Gasteiger partial charge in [-0.1, -0.05) is 11.6 Å². The van der Waals surface area contributed by atoms with E-state index in [0.29, 0.717) is 5.56 Å². The topological polar surface area (TPSA) is 105 Å². The van der Waals surface area contributed by atoms with Gasteiger partial charge in [0.05, 0.1) is 12.2 Å². The highest BCUT2D eigenvalue weighted by atomic mass is 16.2. The number of nitrogens with one attached hydrogen (secondary N) is 2. The number of carbonyl (C=O) groups is 4. The molecule has 128 valence electrons. The summed E-state index contributed by atoms with van der Waals surface area (Å²) in [6.07, 6.45) is 2.91. The molecule has 7 nitrogen and oxygen atoms in total. The molecule has 1 aromatic carbocycles. The van der Waals surface area contributed by atoms with Crippen molar-refractivity contribution in [3.05, 3.63) is 59.4 Å². The average molecular weight is 339 g/mol. The number of aromatic nitrogens is 1. The lowest BCUT2D eigenvalue weighted by Crippen LogP contribution is -2.33. The van der Waals surface area contributed by atoms with Crippen molar-refractivity contribution in [2.45, 2.75) is 13.8 Å². The summed E-state index contributed by atoms with van der Waals surface area (Å²) >= 11 is 0. The number of amides is 2. The Bertz CT molecular complexity index is 831. The monoisotopic (exact) mass is 339 g/mol. The van der Waals surface area contributed by atoms with Crippen molar-refractivity contribution in [3.63, 3.8) is 0 Å². The predicted octanol–water partition coefficient (Wildman–Crippen LogP) is 1.53. The summed E-state index contributed by atoms with van der Waals surface area (Å²) in [5, 5.41) is 4.92. The van der Waals surface area contributed by atoms with Crippen molar-refractivity contribution in [2.75, 3.05) is 11.9 Å². The summed E-state index contributed by atoms with van der Waals surface area (Å²) in [7, 11) is 0. The third kappa shape index (κ3) is 4.81. The Morgan fingerprint density at radius 1 is 1.04 bits per heavy atom. The number of anilines is 1. The number of Topliss-reactive ketones (excluding diaryl/α,β-unsaturated/α-hetero) is 2. The van der Waals surface area contributed by atoms with Gasteiger partial charge in [-0.2, -0.15) is 0 Å². The number of hydrogen-bond acceptors (Lipinski definition) is 5. The van der Waals surface area contributed by atoms with Crippen LogP contribution in [-0.4, -0.2) is 34.9 Å². The Morgan fingerprint density at radius 3 is 2.36 bits per heavy atom. The molecule has 0 spiro atoms. The van der Waals surface area contributed by atoms with Gasteiger partial charge in [-0.25, -0.2) is 0 Å². The number of carbonyl (C=O) groups excluding carboxylic acids is 4. The molecule has 2 amide bonds. The Hall–Kier alpha value is -3.35. The van der Waals surface area contributed by atoms with E-state index in [9.17, 15) is 19.2 Å². The molecule has 7 heteroatoms. The van der Waals surface area contributed by atoms with Crippen molar-refractivity contribution >= 4 is 29.1 Å². The van der Waals surface area contributed by atoms with Crippen molar-refractivity contribution in [2.24, 2.45) is 0 Å². The van der Waals surface area contributed by atoms with Gasteiger partial charge in [0, 0.05) is 30.4 Å². The van der Waals surface area contributed by atoms with Gasteiger partial charge >= 0.3 is 0 Å². The van der Waals surface area contributed by atoms with Crippen LogP contribution in [0.4, 0.5) is 5.69 Å². The van der Waals surface area contributed by atoms with Crippen LogP contribution >= 0.6 is 0 Å². The lowest BCUT2D eigenvalue weighted by Gasteiger charge is -2.10. The first-order chi connectivity index (χ1) is 11.9. The van der Waals surface area contributed by atoms with Crippen LogP contribution in [0.5, 0.6) is 0 Å². The normalized spacial score (nSPS) is 10.0. The fourth-order valence-corrected chi connectivity index (χ4v) is 2.14. The Morgan fingerprint density at radius 2 is 1.72 bits per heavy atom. The lowest BCUT2D eigenvalue weighted by atomic mass is 10.0. The zero-order valence-electron chi connectivity index (χ0n) is 13.8. The first kappa shape index (κ1) is 18.0. The highest BCUT2D eigenvalue weighted by Crippen LogP contribution is 2.18. The van der Waals surface area contributed by atoms with Crippen LogP contribution in [0.3, 0.4) is 0 Å². The van der Waals surface area contributed by atoms with E-state index in [1.165, 1.54) is 37.5 Å². The van der Waals surface area contributed by atoms with E-state index in [2.05, 4.69) is 15.6 Å². The predicted molar refractivity (Wildman–Crippen MR) is 91.4 cm³/mol. The Labute approximate surface area is 144 Å². The van der Waals surface area contributed by atoms with E-state index >= 15 is 0 Å². The summed E-state index contributed by atoms with van der Waals surface area (Å²) in [5.74, 6) is -2.38. The minimum atomic E-state index is -0.778. The molecule has 1 heterocycles. The van der Waals surface area contributed by atoms with E-state index < -0.39 is 24.0 Å². The molecule has 25 heavy (non-hydrogen) atoms. The zero-order valence-corrected chi connectivity index (χ0v) is 13.8. The van der Waals surface area contributed by atoms with Crippen molar-refractivity contribution < 1.29 is 19.2 Å². The van der Waals surface area contributed by atoms with Gasteiger partial charge < -0.3 is 10.6 Å². The number of nitrogens with zero attached hydrogens (tertiary/aromatic N) is 1. The molecule has 0 aliphatic heterocycles. The molecule has 2 aromatic rings. The first-order valence-corrected chi connectivity index (χ1v) is 7.52. The van der Waals surface area contributed by atoms with Crippen LogP contribution < -0.4 is 10.6 Å². The average Bonchev–Trinajstić information content (AvgIpc) is 2.60. The second-order valence-electron chi connectivity index (χ2n) is 5.40. The zero-order chi connectivity index (χ0) is 18.4. The van der Waals surface area contributed by atoms with Crippen molar-refractivity contribution in [3.8, 4) is 0 Å². The second kappa shape index (κ2) is 7.96. The second-order valence-corrected chi connectivity index (χ2v) is 5.40. The van der Waals surface area contributed by atoms with Crippen molar-refractivity contribution in [1.29, 1.82) is 0 Å². The van der Waals surface area contributed by atoms with Gasteiger partial charge in [0.25, 0.3) is 5.91 Å². The van der Waals surface area contributed by atoms with Crippen LogP contribution in [-0.2, 0) is 9.59 Å².